The molecule has 1 heterocycles. The molecule has 0 saturated carbocycles. The molecule has 5 heteroatoms. The van der Waals surface area contributed by atoms with Gasteiger partial charge in [0, 0.05) is 17.2 Å². The molecule has 0 aliphatic carbocycles. The Morgan fingerprint density at radius 2 is 1.65 bits per heavy atom. The van der Waals surface area contributed by atoms with Crippen molar-refractivity contribution in [1.82, 2.24) is 4.90 Å². The molecule has 0 aromatic heterocycles. The summed E-state index contributed by atoms with van der Waals surface area (Å²) in [7, 11) is 0. The summed E-state index contributed by atoms with van der Waals surface area (Å²) in [5.41, 5.74) is 13.5. The minimum absolute atomic E-state index is 0.0788. The Morgan fingerprint density at radius 1 is 1.00 bits per heavy atom. The van der Waals surface area contributed by atoms with Crippen molar-refractivity contribution < 1.29 is 9.53 Å². The molecule has 4 N–H and O–H groups in total. The van der Waals surface area contributed by atoms with Gasteiger partial charge in [0.2, 0.25) is 0 Å². The van der Waals surface area contributed by atoms with Crippen LogP contribution in [0.2, 0.25) is 0 Å². The predicted molar refractivity (Wildman–Crippen MR) is 106 cm³/mol. The Hall–Kier alpha value is -2.53. The minimum Gasteiger partial charge on any atom is -0.492 e. The van der Waals surface area contributed by atoms with Gasteiger partial charge in [-0.15, -0.1) is 0 Å². The van der Waals surface area contributed by atoms with E-state index in [9.17, 15) is 4.79 Å². The molecule has 1 aliphatic heterocycles. The van der Waals surface area contributed by atoms with E-state index in [-0.39, 0.29) is 5.78 Å². The van der Waals surface area contributed by atoms with Crippen LogP contribution < -0.4 is 16.2 Å². The second-order valence-electron chi connectivity index (χ2n) is 6.95. The number of ether oxygens (including phenoxy) is 1. The van der Waals surface area contributed by atoms with Gasteiger partial charge < -0.3 is 16.2 Å². The van der Waals surface area contributed by atoms with Crippen LogP contribution in [0.5, 0.6) is 5.75 Å². The molecule has 1 atom stereocenters. The van der Waals surface area contributed by atoms with Gasteiger partial charge in [-0.05, 0) is 75.3 Å². The molecule has 1 unspecified atom stereocenters. The topological polar surface area (TPSA) is 81.6 Å². The fourth-order valence-electron chi connectivity index (χ4n) is 3.27. The lowest BCUT2D eigenvalue weighted by molar-refractivity contribution is 0.103. The largest absolute Gasteiger partial charge is 0.492 e. The smallest absolute Gasteiger partial charge is 0.193 e. The summed E-state index contributed by atoms with van der Waals surface area (Å²) in [5.74, 6) is 0.701. The highest BCUT2D eigenvalue weighted by Gasteiger charge is 2.17. The summed E-state index contributed by atoms with van der Waals surface area (Å²) in [6, 6.07) is 12.6. The molecule has 5 nitrogen and oxygen atoms in total. The maximum atomic E-state index is 12.5. The van der Waals surface area contributed by atoms with Crippen LogP contribution in [0.25, 0.3) is 0 Å². The van der Waals surface area contributed by atoms with Crippen LogP contribution >= 0.6 is 0 Å². The van der Waals surface area contributed by atoms with Crippen molar-refractivity contribution in [3.8, 4) is 5.75 Å². The van der Waals surface area contributed by atoms with Gasteiger partial charge in [-0.3, -0.25) is 9.69 Å². The number of hydrogen-bond acceptors (Lipinski definition) is 5. The Balaban J connectivity index is 1.59. The normalized spacial score (nSPS) is 16.2. The van der Waals surface area contributed by atoms with E-state index >= 15 is 0 Å². The fraction of sp³-hybridized carbons (Fsp3) is 0.381. The second-order valence-corrected chi connectivity index (χ2v) is 6.95. The molecule has 2 aromatic rings. The number of hydrogen-bond donors (Lipinski definition) is 2. The third-order valence-corrected chi connectivity index (χ3v) is 4.97. The molecule has 0 bridgehead atoms. The fourth-order valence-corrected chi connectivity index (χ4v) is 3.27. The van der Waals surface area contributed by atoms with E-state index in [1.54, 1.807) is 30.3 Å². The highest BCUT2D eigenvalue weighted by molar-refractivity contribution is 6.09. The quantitative estimate of drug-likeness (QED) is 0.615. The first kappa shape index (κ1) is 18.3. The van der Waals surface area contributed by atoms with Crippen molar-refractivity contribution in [2.75, 3.05) is 31.2 Å². The van der Waals surface area contributed by atoms with Crippen molar-refractivity contribution in [3.05, 3.63) is 53.6 Å². The van der Waals surface area contributed by atoms with Crippen LogP contribution in [0.1, 0.15) is 42.1 Å². The van der Waals surface area contributed by atoms with Crippen molar-refractivity contribution in [1.29, 1.82) is 0 Å². The van der Waals surface area contributed by atoms with E-state index in [2.05, 4.69) is 11.8 Å². The molecule has 1 saturated heterocycles. The van der Waals surface area contributed by atoms with E-state index in [4.69, 9.17) is 16.2 Å². The molecule has 1 fully saturated rings. The average molecular weight is 353 g/mol. The lowest BCUT2D eigenvalue weighted by atomic mass is 10.0. The number of ketones is 1. The number of nitrogen functional groups attached to an aromatic ring is 2. The average Bonchev–Trinajstić information content (AvgIpc) is 2.69. The first-order valence-electron chi connectivity index (χ1n) is 9.21. The van der Waals surface area contributed by atoms with Crippen molar-refractivity contribution in [2.45, 2.75) is 32.2 Å². The van der Waals surface area contributed by atoms with Crippen LogP contribution in [0.15, 0.2) is 42.5 Å². The molecule has 3 rings (SSSR count). The number of nitrogens with two attached hydrogens (primary N) is 2. The van der Waals surface area contributed by atoms with E-state index in [1.807, 2.05) is 12.1 Å². The minimum atomic E-state index is -0.0788. The van der Waals surface area contributed by atoms with Crippen LogP contribution in [0.4, 0.5) is 11.4 Å². The molecule has 26 heavy (non-hydrogen) atoms. The van der Waals surface area contributed by atoms with Crippen LogP contribution in [-0.4, -0.2) is 36.4 Å². The summed E-state index contributed by atoms with van der Waals surface area (Å²) < 4.78 is 5.91. The summed E-state index contributed by atoms with van der Waals surface area (Å²) >= 11 is 0. The first-order valence-corrected chi connectivity index (χ1v) is 9.21. The summed E-state index contributed by atoms with van der Waals surface area (Å²) in [5, 5.41) is 0. The van der Waals surface area contributed by atoms with Gasteiger partial charge in [0.1, 0.15) is 12.4 Å². The van der Waals surface area contributed by atoms with E-state index in [1.165, 1.54) is 19.3 Å². The van der Waals surface area contributed by atoms with Crippen LogP contribution in [-0.2, 0) is 0 Å². The molecule has 138 valence electrons. The van der Waals surface area contributed by atoms with Gasteiger partial charge in [0.15, 0.2) is 5.78 Å². The van der Waals surface area contributed by atoms with E-state index in [0.29, 0.717) is 35.2 Å². The third-order valence-electron chi connectivity index (χ3n) is 4.97. The number of anilines is 2. The number of piperidine rings is 1. The standard InChI is InChI=1S/C21H27N3O2/c1-15(24-11-3-2-4-12-24)14-26-18-8-5-16(6-9-18)21(25)17-7-10-19(22)20(23)13-17/h5-10,13,15H,2-4,11-12,14,22-23H2,1H3. The zero-order chi connectivity index (χ0) is 18.5. The molecule has 2 aromatic carbocycles. The number of benzene rings is 2. The first-order chi connectivity index (χ1) is 12.5. The Kier molecular flexibility index (Phi) is 5.78. The maximum Gasteiger partial charge on any atom is 0.193 e. The Morgan fingerprint density at radius 3 is 2.31 bits per heavy atom. The Labute approximate surface area is 154 Å². The molecular formula is C21H27N3O2. The van der Waals surface area contributed by atoms with Crippen molar-refractivity contribution in [2.24, 2.45) is 0 Å². The number of likely N-dealkylation sites (tertiary alicyclic amines) is 1. The molecule has 0 radical (unpaired) electrons. The van der Waals surface area contributed by atoms with E-state index in [0.717, 1.165) is 18.8 Å². The van der Waals surface area contributed by atoms with Crippen LogP contribution in [0.3, 0.4) is 0 Å². The third kappa shape index (κ3) is 4.35. The van der Waals surface area contributed by atoms with Crippen LogP contribution in [0, 0.1) is 0 Å². The molecule has 0 amide bonds. The van der Waals surface area contributed by atoms with Gasteiger partial charge >= 0.3 is 0 Å². The highest BCUT2D eigenvalue weighted by Crippen LogP contribution is 2.21. The van der Waals surface area contributed by atoms with Gasteiger partial charge in [0.25, 0.3) is 0 Å². The second kappa shape index (κ2) is 8.23. The summed E-state index contributed by atoms with van der Waals surface area (Å²) in [4.78, 5) is 15.0. The summed E-state index contributed by atoms with van der Waals surface area (Å²) in [6.07, 6.45) is 3.88. The van der Waals surface area contributed by atoms with Gasteiger partial charge in [-0.1, -0.05) is 6.42 Å². The number of rotatable bonds is 6. The maximum absolute atomic E-state index is 12.5. The van der Waals surface area contributed by atoms with Gasteiger partial charge in [-0.25, -0.2) is 0 Å². The number of carbonyl (C=O) groups excluding carboxylic acids is 1. The summed E-state index contributed by atoms with van der Waals surface area (Å²) in [6.45, 7) is 5.17. The van der Waals surface area contributed by atoms with Gasteiger partial charge in [-0.2, -0.15) is 0 Å². The zero-order valence-electron chi connectivity index (χ0n) is 15.3. The lowest BCUT2D eigenvalue weighted by Crippen LogP contribution is -2.40. The highest BCUT2D eigenvalue weighted by atomic mass is 16.5. The Bertz CT molecular complexity index is 752. The monoisotopic (exact) mass is 353 g/mol. The van der Waals surface area contributed by atoms with Gasteiger partial charge in [0.05, 0.1) is 11.4 Å². The SMILES string of the molecule is CC(COc1ccc(C(=O)c2ccc(N)c(N)c2)cc1)N1CCCCC1. The zero-order valence-corrected chi connectivity index (χ0v) is 15.3. The van der Waals surface area contributed by atoms with Crippen molar-refractivity contribution >= 4 is 17.2 Å². The number of carbonyl (C=O) groups is 1. The predicted octanol–water partition coefficient (Wildman–Crippen LogP) is 3.34. The van der Waals surface area contributed by atoms with Crippen molar-refractivity contribution in [3.63, 3.8) is 0 Å². The van der Waals surface area contributed by atoms with E-state index < -0.39 is 0 Å². The number of nitrogens with zero attached hydrogens (tertiary/aromatic N) is 1. The molecule has 1 aliphatic rings. The molecular weight excluding hydrogens is 326 g/mol. The molecule has 0 spiro atoms. The lowest BCUT2D eigenvalue weighted by Gasteiger charge is -2.32.